The predicted octanol–water partition coefficient (Wildman–Crippen LogP) is 3.22. The maximum atomic E-state index is 12.4. The van der Waals surface area contributed by atoms with Crippen molar-refractivity contribution in [2.45, 2.75) is 36.1 Å². The molecule has 0 heterocycles. The summed E-state index contributed by atoms with van der Waals surface area (Å²) in [7, 11) is -7.66. The van der Waals surface area contributed by atoms with Crippen LogP contribution in [0.3, 0.4) is 0 Å². The first-order valence-corrected chi connectivity index (χ1v) is 10.7. The Labute approximate surface area is 153 Å². The summed E-state index contributed by atoms with van der Waals surface area (Å²) in [6.07, 6.45) is 0. The van der Waals surface area contributed by atoms with E-state index in [-0.39, 0.29) is 20.5 Å². The molecule has 0 radical (unpaired) electrons. The molecule has 6 nitrogen and oxygen atoms in total. The highest BCUT2D eigenvalue weighted by Crippen LogP contribution is 2.22. The van der Waals surface area contributed by atoms with Crippen molar-refractivity contribution in [1.82, 2.24) is 4.72 Å². The van der Waals surface area contributed by atoms with Crippen molar-refractivity contribution in [3.8, 4) is 0 Å². The van der Waals surface area contributed by atoms with Gasteiger partial charge in [-0.25, -0.2) is 21.6 Å². The fraction of sp³-hybridized carbons (Fsp3) is 0.250. The highest BCUT2D eigenvalue weighted by Gasteiger charge is 2.23. The summed E-state index contributed by atoms with van der Waals surface area (Å²) in [4.78, 5) is -0.0465. The molecule has 0 saturated carbocycles. The first kappa shape index (κ1) is 19.7. The van der Waals surface area contributed by atoms with Crippen molar-refractivity contribution in [2.75, 3.05) is 4.72 Å². The Balaban J connectivity index is 2.34. The number of sulfonamides is 2. The van der Waals surface area contributed by atoms with Crippen LogP contribution in [0.2, 0.25) is 5.02 Å². The second-order valence-electron chi connectivity index (χ2n) is 6.45. The molecule has 0 aliphatic carbocycles. The number of anilines is 1. The van der Waals surface area contributed by atoms with Crippen LogP contribution in [0.25, 0.3) is 0 Å². The average molecular weight is 403 g/mol. The maximum absolute atomic E-state index is 12.4. The molecule has 0 fully saturated rings. The average Bonchev–Trinajstić information content (AvgIpc) is 2.44. The van der Waals surface area contributed by atoms with Gasteiger partial charge in [0.25, 0.3) is 10.0 Å². The van der Waals surface area contributed by atoms with Crippen LogP contribution in [0.4, 0.5) is 5.69 Å². The summed E-state index contributed by atoms with van der Waals surface area (Å²) in [5.41, 5.74) is -0.522. The first-order valence-electron chi connectivity index (χ1n) is 7.31. The Hall–Kier alpha value is -1.61. The van der Waals surface area contributed by atoms with E-state index in [1.54, 1.807) is 26.8 Å². The highest BCUT2D eigenvalue weighted by atomic mass is 35.5. The zero-order chi connectivity index (χ0) is 18.9. The van der Waals surface area contributed by atoms with Gasteiger partial charge in [-0.15, -0.1) is 0 Å². The number of rotatable bonds is 5. The Morgan fingerprint density at radius 2 is 1.40 bits per heavy atom. The maximum Gasteiger partial charge on any atom is 0.261 e. The highest BCUT2D eigenvalue weighted by molar-refractivity contribution is 7.92. The number of halogens is 1. The molecule has 136 valence electrons. The molecule has 0 aromatic heterocycles. The minimum atomic E-state index is -3.88. The number of hydrogen-bond donors (Lipinski definition) is 2. The molecule has 2 aromatic carbocycles. The van der Waals surface area contributed by atoms with Crippen LogP contribution in [-0.4, -0.2) is 22.4 Å². The standard InChI is InChI=1S/C16H19ClN2O4S2/c1-16(2,3)19-25(22,23)15-9-5-7-13(11-15)18-24(20,21)14-8-4-6-12(17)10-14/h4-11,18-19H,1-3H3. The van der Waals surface area contributed by atoms with Gasteiger partial charge in [0.05, 0.1) is 15.5 Å². The lowest BCUT2D eigenvalue weighted by molar-refractivity contribution is 0.491. The van der Waals surface area contributed by atoms with Gasteiger partial charge in [-0.1, -0.05) is 23.7 Å². The fourth-order valence-corrected chi connectivity index (χ4v) is 4.85. The molecule has 0 unspecified atom stereocenters. The van der Waals surface area contributed by atoms with Gasteiger partial charge in [0.15, 0.2) is 0 Å². The van der Waals surface area contributed by atoms with Crippen molar-refractivity contribution in [3.05, 3.63) is 53.6 Å². The topological polar surface area (TPSA) is 92.3 Å². The van der Waals surface area contributed by atoms with Crippen LogP contribution >= 0.6 is 11.6 Å². The zero-order valence-electron chi connectivity index (χ0n) is 13.9. The van der Waals surface area contributed by atoms with E-state index in [9.17, 15) is 16.8 Å². The van der Waals surface area contributed by atoms with Crippen molar-refractivity contribution in [3.63, 3.8) is 0 Å². The van der Waals surface area contributed by atoms with E-state index in [4.69, 9.17) is 11.6 Å². The number of hydrogen-bond acceptors (Lipinski definition) is 4. The molecule has 0 atom stereocenters. The lowest BCUT2D eigenvalue weighted by atomic mass is 10.1. The molecule has 0 spiro atoms. The summed E-state index contributed by atoms with van der Waals surface area (Å²) >= 11 is 5.82. The summed E-state index contributed by atoms with van der Waals surface area (Å²) in [5.74, 6) is 0. The third kappa shape index (κ3) is 5.43. The van der Waals surface area contributed by atoms with Gasteiger partial charge in [0.1, 0.15) is 0 Å². The van der Waals surface area contributed by atoms with Crippen molar-refractivity contribution in [1.29, 1.82) is 0 Å². The lowest BCUT2D eigenvalue weighted by Crippen LogP contribution is -2.40. The SMILES string of the molecule is CC(C)(C)NS(=O)(=O)c1cccc(NS(=O)(=O)c2cccc(Cl)c2)c1. The molecule has 25 heavy (non-hydrogen) atoms. The smallest absolute Gasteiger partial charge is 0.261 e. The summed E-state index contributed by atoms with van der Waals surface area (Å²) < 4.78 is 54.4. The van der Waals surface area contributed by atoms with E-state index in [0.717, 1.165) is 0 Å². The van der Waals surface area contributed by atoms with Crippen LogP contribution in [0, 0.1) is 0 Å². The second kappa shape index (κ2) is 6.95. The number of nitrogens with one attached hydrogen (secondary N) is 2. The lowest BCUT2D eigenvalue weighted by Gasteiger charge is -2.20. The van der Waals surface area contributed by atoms with Gasteiger partial charge >= 0.3 is 0 Å². The minimum absolute atomic E-state index is 0.0129. The van der Waals surface area contributed by atoms with Crippen LogP contribution in [-0.2, 0) is 20.0 Å². The third-order valence-electron chi connectivity index (χ3n) is 2.94. The van der Waals surface area contributed by atoms with E-state index < -0.39 is 25.6 Å². The Kier molecular flexibility index (Phi) is 5.48. The molecule has 2 N–H and O–H groups in total. The van der Waals surface area contributed by atoms with Gasteiger partial charge in [-0.3, -0.25) is 4.72 Å². The molecule has 2 aromatic rings. The fourth-order valence-electron chi connectivity index (χ4n) is 2.04. The third-order valence-corrected chi connectivity index (χ3v) is 6.31. The van der Waals surface area contributed by atoms with Gasteiger partial charge in [-0.2, -0.15) is 0 Å². The number of benzene rings is 2. The Morgan fingerprint density at radius 3 is 1.96 bits per heavy atom. The molecular formula is C16H19ClN2O4S2. The van der Waals surface area contributed by atoms with Gasteiger partial charge < -0.3 is 0 Å². The second-order valence-corrected chi connectivity index (χ2v) is 10.2. The summed E-state index contributed by atoms with van der Waals surface area (Å²) in [6.45, 7) is 5.16. The molecule has 2 rings (SSSR count). The molecule has 0 saturated heterocycles. The van der Waals surface area contributed by atoms with E-state index in [1.165, 1.54) is 42.5 Å². The predicted molar refractivity (Wildman–Crippen MR) is 98.8 cm³/mol. The van der Waals surface area contributed by atoms with E-state index in [2.05, 4.69) is 9.44 Å². The van der Waals surface area contributed by atoms with E-state index in [1.807, 2.05) is 0 Å². The molecule has 0 amide bonds. The molecule has 9 heteroatoms. The van der Waals surface area contributed by atoms with Crippen molar-refractivity contribution >= 4 is 37.3 Å². The van der Waals surface area contributed by atoms with Crippen LogP contribution in [0.1, 0.15) is 20.8 Å². The Morgan fingerprint density at radius 1 is 0.840 bits per heavy atom. The van der Waals surface area contributed by atoms with Gasteiger partial charge in [0.2, 0.25) is 10.0 Å². The zero-order valence-corrected chi connectivity index (χ0v) is 16.3. The van der Waals surface area contributed by atoms with Gasteiger partial charge in [-0.05, 0) is 57.2 Å². The molecule has 0 bridgehead atoms. The molecular weight excluding hydrogens is 384 g/mol. The summed E-state index contributed by atoms with van der Waals surface area (Å²) in [6, 6.07) is 11.4. The van der Waals surface area contributed by atoms with Gasteiger partial charge in [0, 0.05) is 10.6 Å². The quantitative estimate of drug-likeness (QED) is 0.803. The minimum Gasteiger partial charge on any atom is -0.280 e. The van der Waals surface area contributed by atoms with Crippen LogP contribution < -0.4 is 9.44 Å². The normalized spacial score (nSPS) is 12.8. The summed E-state index contributed by atoms with van der Waals surface area (Å²) in [5, 5.41) is 0.286. The monoisotopic (exact) mass is 402 g/mol. The molecule has 0 aliphatic heterocycles. The van der Waals surface area contributed by atoms with Crippen molar-refractivity contribution in [2.24, 2.45) is 0 Å². The van der Waals surface area contributed by atoms with Crippen LogP contribution in [0.15, 0.2) is 58.3 Å². The van der Waals surface area contributed by atoms with Crippen molar-refractivity contribution < 1.29 is 16.8 Å². The van der Waals surface area contributed by atoms with E-state index >= 15 is 0 Å². The van der Waals surface area contributed by atoms with Crippen LogP contribution in [0.5, 0.6) is 0 Å². The first-order chi connectivity index (χ1) is 11.4. The molecule has 0 aliphatic rings. The Bertz CT molecular complexity index is 981. The van der Waals surface area contributed by atoms with E-state index in [0.29, 0.717) is 0 Å². The largest absolute Gasteiger partial charge is 0.280 e.